The van der Waals surface area contributed by atoms with Crippen molar-refractivity contribution in [2.24, 2.45) is 0 Å². The van der Waals surface area contributed by atoms with Gasteiger partial charge in [0.15, 0.2) is 0 Å². The molecule has 33 heavy (non-hydrogen) atoms. The molecule has 0 unspecified atom stereocenters. The van der Waals surface area contributed by atoms with Crippen molar-refractivity contribution in [2.75, 3.05) is 0 Å². The number of halogens is 1. The van der Waals surface area contributed by atoms with E-state index < -0.39 is 5.97 Å². The van der Waals surface area contributed by atoms with Crippen molar-refractivity contribution in [3.8, 4) is 11.5 Å². The van der Waals surface area contributed by atoms with Crippen LogP contribution in [0.15, 0.2) is 24.3 Å². The van der Waals surface area contributed by atoms with Crippen LogP contribution < -0.4 is 9.47 Å². The van der Waals surface area contributed by atoms with Crippen LogP contribution in [0.25, 0.3) is 0 Å². The first kappa shape index (κ1) is 30.8. The third-order valence-corrected chi connectivity index (χ3v) is 5.07. The highest BCUT2D eigenvalue weighted by atomic mass is 35.5. The molecule has 0 fully saturated rings. The molecule has 186 valence electrons. The second-order valence-electron chi connectivity index (χ2n) is 7.81. The molecule has 0 spiro atoms. The van der Waals surface area contributed by atoms with E-state index in [9.17, 15) is 4.79 Å². The first-order valence-corrected chi connectivity index (χ1v) is 12.5. The summed E-state index contributed by atoms with van der Waals surface area (Å²) in [6.07, 6.45) is 1.48. The van der Waals surface area contributed by atoms with E-state index in [1.165, 1.54) is 0 Å². The molecule has 4 nitrogen and oxygen atoms in total. The number of carboxylic acid groups (broad SMARTS) is 1. The van der Waals surface area contributed by atoms with Gasteiger partial charge in [-0.05, 0) is 80.6 Å². The molecule has 1 N–H and O–H groups in total. The third-order valence-electron chi connectivity index (χ3n) is 4.85. The summed E-state index contributed by atoms with van der Waals surface area (Å²) in [4.78, 5) is 10.8. The van der Waals surface area contributed by atoms with Gasteiger partial charge >= 0.3 is 5.97 Å². The van der Waals surface area contributed by atoms with E-state index in [0.29, 0.717) is 18.1 Å². The van der Waals surface area contributed by atoms with Gasteiger partial charge in [-0.15, -0.1) is 0 Å². The molecule has 2 aromatic rings. The van der Waals surface area contributed by atoms with Gasteiger partial charge < -0.3 is 14.6 Å². The fourth-order valence-corrected chi connectivity index (χ4v) is 3.94. The molecule has 1 heterocycles. The number of fused-ring (bicyclic) bond motifs is 1. The first-order valence-electron chi connectivity index (χ1n) is 12.1. The van der Waals surface area contributed by atoms with E-state index >= 15 is 0 Å². The minimum absolute atomic E-state index is 0.129. The largest absolute Gasteiger partial charge is 0.489 e. The Balaban J connectivity index is 0.00000158. The van der Waals surface area contributed by atoms with Gasteiger partial charge in [-0.2, -0.15) is 0 Å². The van der Waals surface area contributed by atoms with Gasteiger partial charge in [0.05, 0.1) is 0 Å². The number of carboxylic acids is 1. The standard InChI is InChI=1S/C22H25ClO4.3C2H6/c1-13-7-18(8-14(2)19(13)5-6-20(24)25)26-12-16-10-17(23)9-15-11-22(3,4)27-21(15)16;3*1-2/h7-10H,5-6,11-12H2,1-4H3,(H,24,25);3*1-2H3. The van der Waals surface area contributed by atoms with Crippen molar-refractivity contribution in [1.82, 2.24) is 0 Å². The lowest BCUT2D eigenvalue weighted by Crippen LogP contribution is -2.25. The lowest BCUT2D eigenvalue weighted by atomic mass is 9.98. The number of ether oxygens (including phenoxy) is 2. The highest BCUT2D eigenvalue weighted by Crippen LogP contribution is 2.40. The Morgan fingerprint density at radius 2 is 1.58 bits per heavy atom. The Labute approximate surface area is 206 Å². The van der Waals surface area contributed by atoms with Crippen molar-refractivity contribution in [3.63, 3.8) is 0 Å². The summed E-state index contributed by atoms with van der Waals surface area (Å²) in [5.74, 6) is 0.845. The molecule has 0 aliphatic carbocycles. The summed E-state index contributed by atoms with van der Waals surface area (Å²) >= 11 is 6.28. The van der Waals surface area contributed by atoms with Crippen molar-refractivity contribution in [1.29, 1.82) is 0 Å². The van der Waals surface area contributed by atoms with Gasteiger partial charge in [0.2, 0.25) is 0 Å². The molecule has 0 saturated heterocycles. The fraction of sp³-hybridized carbons (Fsp3) is 0.536. The molecular formula is C28H43ClO4. The van der Waals surface area contributed by atoms with Crippen molar-refractivity contribution in [2.45, 2.75) is 101 Å². The smallest absolute Gasteiger partial charge is 0.303 e. The zero-order chi connectivity index (χ0) is 25.8. The van der Waals surface area contributed by atoms with Gasteiger partial charge in [0.25, 0.3) is 0 Å². The van der Waals surface area contributed by atoms with Gasteiger partial charge in [-0.1, -0.05) is 53.1 Å². The number of hydrogen-bond acceptors (Lipinski definition) is 3. The van der Waals surface area contributed by atoms with Crippen LogP contribution in [0, 0.1) is 13.8 Å². The Hall–Kier alpha value is -2.20. The van der Waals surface area contributed by atoms with Crippen LogP contribution in [0.3, 0.4) is 0 Å². The first-order chi connectivity index (χ1) is 15.6. The van der Waals surface area contributed by atoms with E-state index in [0.717, 1.165) is 45.7 Å². The number of hydrogen-bond donors (Lipinski definition) is 1. The van der Waals surface area contributed by atoms with Gasteiger partial charge in [-0.3, -0.25) is 4.79 Å². The number of aliphatic carboxylic acids is 1. The van der Waals surface area contributed by atoms with Crippen LogP contribution in [0.1, 0.15) is 89.6 Å². The lowest BCUT2D eigenvalue weighted by molar-refractivity contribution is -0.136. The minimum Gasteiger partial charge on any atom is -0.489 e. The van der Waals surface area contributed by atoms with Gasteiger partial charge in [0.1, 0.15) is 23.7 Å². The highest BCUT2D eigenvalue weighted by molar-refractivity contribution is 6.30. The quantitative estimate of drug-likeness (QED) is 0.453. The molecule has 0 saturated carbocycles. The highest BCUT2D eigenvalue weighted by Gasteiger charge is 2.32. The predicted octanol–water partition coefficient (Wildman–Crippen LogP) is 8.35. The average molecular weight is 479 g/mol. The van der Waals surface area contributed by atoms with Crippen molar-refractivity contribution in [3.05, 3.63) is 57.1 Å². The van der Waals surface area contributed by atoms with E-state index in [-0.39, 0.29) is 12.0 Å². The molecule has 0 amide bonds. The van der Waals surface area contributed by atoms with Crippen LogP contribution in [0.5, 0.6) is 11.5 Å². The van der Waals surface area contributed by atoms with Crippen LogP contribution >= 0.6 is 11.6 Å². The lowest BCUT2D eigenvalue weighted by Gasteiger charge is -2.18. The summed E-state index contributed by atoms with van der Waals surface area (Å²) in [7, 11) is 0. The van der Waals surface area contributed by atoms with Crippen LogP contribution in [0.4, 0.5) is 0 Å². The monoisotopic (exact) mass is 478 g/mol. The van der Waals surface area contributed by atoms with E-state index in [1.54, 1.807) is 0 Å². The third kappa shape index (κ3) is 9.29. The topological polar surface area (TPSA) is 55.8 Å². The molecule has 1 aliphatic heterocycles. The number of benzene rings is 2. The maximum absolute atomic E-state index is 10.8. The van der Waals surface area contributed by atoms with Crippen LogP contribution in [-0.2, 0) is 24.2 Å². The second-order valence-corrected chi connectivity index (χ2v) is 8.25. The summed E-state index contributed by atoms with van der Waals surface area (Å²) in [6.45, 7) is 20.5. The molecule has 2 aromatic carbocycles. The van der Waals surface area contributed by atoms with Gasteiger partial charge in [-0.25, -0.2) is 0 Å². The molecule has 0 bridgehead atoms. The molecule has 1 aliphatic rings. The van der Waals surface area contributed by atoms with E-state index in [4.69, 9.17) is 26.2 Å². The van der Waals surface area contributed by atoms with E-state index in [1.807, 2.05) is 79.7 Å². The molecule has 0 radical (unpaired) electrons. The van der Waals surface area contributed by atoms with Gasteiger partial charge in [0, 0.05) is 23.4 Å². The second kappa shape index (κ2) is 14.8. The normalized spacial score (nSPS) is 12.5. The molecule has 5 heteroatoms. The molecule has 0 aromatic heterocycles. The maximum Gasteiger partial charge on any atom is 0.303 e. The number of carbonyl (C=O) groups is 1. The zero-order valence-electron chi connectivity index (χ0n) is 22.2. The SMILES string of the molecule is CC.CC.CC.Cc1cc(OCc2cc(Cl)cc3c2OC(C)(C)C3)cc(C)c1CCC(=O)O. The van der Waals surface area contributed by atoms with Crippen LogP contribution in [0.2, 0.25) is 5.02 Å². The minimum atomic E-state index is -0.785. The molecule has 3 rings (SSSR count). The summed E-state index contributed by atoms with van der Waals surface area (Å²) in [5, 5.41) is 9.60. The molecular weight excluding hydrogens is 436 g/mol. The van der Waals surface area contributed by atoms with Crippen molar-refractivity contribution >= 4 is 17.6 Å². The summed E-state index contributed by atoms with van der Waals surface area (Å²) < 4.78 is 12.1. The predicted molar refractivity (Wildman–Crippen MR) is 140 cm³/mol. The van der Waals surface area contributed by atoms with Crippen molar-refractivity contribution < 1.29 is 19.4 Å². The maximum atomic E-state index is 10.8. The van der Waals surface area contributed by atoms with E-state index in [2.05, 4.69) is 13.8 Å². The summed E-state index contributed by atoms with van der Waals surface area (Å²) in [6, 6.07) is 7.77. The Morgan fingerprint density at radius 3 is 2.09 bits per heavy atom. The number of aryl methyl sites for hydroxylation is 2. The fourth-order valence-electron chi connectivity index (χ4n) is 3.68. The Kier molecular flexibility index (Phi) is 13.9. The number of rotatable bonds is 6. The molecule has 0 atom stereocenters. The summed E-state index contributed by atoms with van der Waals surface area (Å²) in [5.41, 5.74) is 4.97. The van der Waals surface area contributed by atoms with Crippen LogP contribution in [-0.4, -0.2) is 16.7 Å². The average Bonchev–Trinajstić information content (AvgIpc) is 3.09. The zero-order valence-corrected chi connectivity index (χ0v) is 22.9. The Bertz CT molecular complexity index is 865. The Morgan fingerprint density at radius 1 is 1.03 bits per heavy atom.